The maximum absolute atomic E-state index is 12.7. The molecule has 6 nitrogen and oxygen atoms in total. The van der Waals surface area contributed by atoms with Crippen LogP contribution in [0.5, 0.6) is 0 Å². The van der Waals surface area contributed by atoms with Gasteiger partial charge >= 0.3 is 6.03 Å². The molecule has 0 saturated carbocycles. The first-order chi connectivity index (χ1) is 12.0. The van der Waals surface area contributed by atoms with Crippen molar-refractivity contribution in [3.8, 4) is 0 Å². The van der Waals surface area contributed by atoms with Gasteiger partial charge in [-0.2, -0.15) is 0 Å². The topological polar surface area (TPSA) is 61.9 Å². The number of carbonyl (C=O) groups excluding carboxylic acids is 2. The average molecular weight is 363 g/mol. The van der Waals surface area contributed by atoms with E-state index in [0.29, 0.717) is 32.8 Å². The summed E-state index contributed by atoms with van der Waals surface area (Å²) < 4.78 is 6.04. The highest BCUT2D eigenvalue weighted by Crippen LogP contribution is 2.30. The molecule has 2 aliphatic heterocycles. The van der Waals surface area contributed by atoms with E-state index in [-0.39, 0.29) is 17.5 Å². The molecule has 3 amide bonds. The van der Waals surface area contributed by atoms with Crippen LogP contribution in [0.1, 0.15) is 19.8 Å². The molecule has 1 aromatic carbocycles. The normalized spacial score (nSPS) is 19.8. The summed E-state index contributed by atoms with van der Waals surface area (Å²) in [5, 5.41) is 2.99. The third-order valence-corrected chi connectivity index (χ3v) is 5.70. The Morgan fingerprint density at radius 3 is 2.64 bits per heavy atom. The van der Waals surface area contributed by atoms with Crippen molar-refractivity contribution in [2.24, 2.45) is 0 Å². The molecule has 3 rings (SSSR count). The molecule has 0 aliphatic carbocycles. The molecule has 2 fully saturated rings. The van der Waals surface area contributed by atoms with Crippen molar-refractivity contribution < 1.29 is 14.3 Å². The molecule has 1 spiro atoms. The van der Waals surface area contributed by atoms with Gasteiger partial charge in [-0.1, -0.05) is 6.07 Å². The van der Waals surface area contributed by atoms with E-state index >= 15 is 0 Å². The Hall–Kier alpha value is -1.73. The van der Waals surface area contributed by atoms with Gasteiger partial charge in [-0.15, -0.1) is 11.8 Å². The van der Waals surface area contributed by atoms with Crippen molar-refractivity contribution in [3.63, 3.8) is 0 Å². The molecule has 1 N–H and O–H groups in total. The van der Waals surface area contributed by atoms with Gasteiger partial charge in [-0.3, -0.25) is 4.79 Å². The number of amides is 3. The minimum absolute atomic E-state index is 0.0880. The number of likely N-dealkylation sites (tertiary alicyclic amines) is 1. The number of morpholine rings is 1. The van der Waals surface area contributed by atoms with Crippen LogP contribution >= 0.6 is 11.8 Å². The largest absolute Gasteiger partial charge is 0.371 e. The highest BCUT2D eigenvalue weighted by atomic mass is 32.2. The van der Waals surface area contributed by atoms with Crippen LogP contribution in [0.25, 0.3) is 0 Å². The van der Waals surface area contributed by atoms with Crippen molar-refractivity contribution in [3.05, 3.63) is 24.3 Å². The fourth-order valence-electron chi connectivity index (χ4n) is 3.45. The zero-order valence-corrected chi connectivity index (χ0v) is 15.6. The third kappa shape index (κ3) is 4.27. The first-order valence-electron chi connectivity index (χ1n) is 8.61. The van der Waals surface area contributed by atoms with E-state index in [4.69, 9.17) is 4.74 Å². The van der Waals surface area contributed by atoms with Crippen LogP contribution in [0.4, 0.5) is 10.5 Å². The molecular weight excluding hydrogens is 338 g/mol. The van der Waals surface area contributed by atoms with Gasteiger partial charge in [0.15, 0.2) is 0 Å². The average Bonchev–Trinajstić information content (AvgIpc) is 2.62. The summed E-state index contributed by atoms with van der Waals surface area (Å²) in [6.45, 7) is 4.70. The second-order valence-corrected chi connectivity index (χ2v) is 7.50. The van der Waals surface area contributed by atoms with Gasteiger partial charge in [-0.25, -0.2) is 4.79 Å². The van der Waals surface area contributed by atoms with Crippen LogP contribution in [0.15, 0.2) is 29.2 Å². The Labute approximate surface area is 152 Å². The zero-order chi connectivity index (χ0) is 17.9. The van der Waals surface area contributed by atoms with Crippen LogP contribution in [0.3, 0.4) is 0 Å². The molecule has 2 aliphatic rings. The van der Waals surface area contributed by atoms with Crippen molar-refractivity contribution >= 4 is 29.4 Å². The second-order valence-electron chi connectivity index (χ2n) is 6.62. The number of benzene rings is 1. The number of rotatable bonds is 2. The molecule has 7 heteroatoms. The van der Waals surface area contributed by atoms with Crippen molar-refractivity contribution in [1.82, 2.24) is 9.80 Å². The minimum atomic E-state index is -0.317. The number of nitrogens with zero attached hydrogens (tertiary/aromatic N) is 2. The van der Waals surface area contributed by atoms with Gasteiger partial charge in [-0.05, 0) is 37.3 Å². The summed E-state index contributed by atoms with van der Waals surface area (Å²) in [4.78, 5) is 29.0. The Balaban J connectivity index is 1.61. The fourth-order valence-corrected chi connectivity index (χ4v) is 3.91. The minimum Gasteiger partial charge on any atom is -0.371 e. The highest BCUT2D eigenvalue weighted by Gasteiger charge is 2.41. The van der Waals surface area contributed by atoms with E-state index in [1.807, 2.05) is 40.3 Å². The second kappa shape index (κ2) is 7.66. The smallest absolute Gasteiger partial charge is 0.322 e. The highest BCUT2D eigenvalue weighted by molar-refractivity contribution is 7.98. The molecule has 2 heterocycles. The molecule has 0 aromatic heterocycles. The van der Waals surface area contributed by atoms with E-state index in [9.17, 15) is 9.59 Å². The molecule has 0 unspecified atom stereocenters. The molecule has 25 heavy (non-hydrogen) atoms. The number of anilines is 1. The van der Waals surface area contributed by atoms with Gasteiger partial charge in [0.05, 0.1) is 18.8 Å². The van der Waals surface area contributed by atoms with Gasteiger partial charge in [0, 0.05) is 37.1 Å². The van der Waals surface area contributed by atoms with E-state index in [2.05, 4.69) is 5.32 Å². The molecule has 0 bridgehead atoms. The first kappa shape index (κ1) is 18.1. The number of ether oxygens (including phenoxy) is 1. The lowest BCUT2D eigenvalue weighted by Gasteiger charge is -2.47. The maximum atomic E-state index is 12.7. The van der Waals surface area contributed by atoms with Gasteiger partial charge in [0.2, 0.25) is 5.91 Å². The van der Waals surface area contributed by atoms with Crippen molar-refractivity contribution in [2.75, 3.05) is 44.4 Å². The standard InChI is InChI=1S/C18H25N3O3S/c1-14(22)20-8-6-18(7-9-20)13-21(10-11-24-18)17(23)19-15-4-3-5-16(12-15)25-2/h3-5,12H,6-11,13H2,1-2H3,(H,19,23). The number of piperidine rings is 1. The molecule has 0 atom stereocenters. The zero-order valence-electron chi connectivity index (χ0n) is 14.8. The lowest BCUT2D eigenvalue weighted by atomic mass is 9.89. The number of carbonyl (C=O) groups is 2. The van der Waals surface area contributed by atoms with Crippen molar-refractivity contribution in [2.45, 2.75) is 30.3 Å². The summed E-state index contributed by atoms with van der Waals surface area (Å²) in [6.07, 6.45) is 3.57. The summed E-state index contributed by atoms with van der Waals surface area (Å²) in [5.74, 6) is 0.105. The van der Waals surface area contributed by atoms with E-state index in [1.54, 1.807) is 18.7 Å². The molecular formula is C18H25N3O3S. The predicted molar refractivity (Wildman–Crippen MR) is 99.0 cm³/mol. The summed E-state index contributed by atoms with van der Waals surface area (Å²) >= 11 is 1.65. The number of urea groups is 1. The Bertz CT molecular complexity index is 644. The van der Waals surface area contributed by atoms with Crippen LogP contribution in [-0.4, -0.2) is 66.4 Å². The van der Waals surface area contributed by atoms with Crippen LogP contribution < -0.4 is 5.32 Å². The van der Waals surface area contributed by atoms with E-state index in [1.165, 1.54) is 0 Å². The summed E-state index contributed by atoms with van der Waals surface area (Å²) in [5.41, 5.74) is 0.492. The number of thioether (sulfide) groups is 1. The fraction of sp³-hybridized carbons (Fsp3) is 0.556. The molecule has 2 saturated heterocycles. The number of hydrogen-bond donors (Lipinski definition) is 1. The Morgan fingerprint density at radius 1 is 1.20 bits per heavy atom. The van der Waals surface area contributed by atoms with Crippen LogP contribution in [0.2, 0.25) is 0 Å². The SMILES string of the molecule is CSc1cccc(NC(=O)N2CCOC3(CCN(C(C)=O)CC3)C2)c1. The maximum Gasteiger partial charge on any atom is 0.322 e. The van der Waals surface area contributed by atoms with Crippen LogP contribution in [-0.2, 0) is 9.53 Å². The Kier molecular flexibility index (Phi) is 5.54. The van der Waals surface area contributed by atoms with Crippen molar-refractivity contribution in [1.29, 1.82) is 0 Å². The summed E-state index contributed by atoms with van der Waals surface area (Å²) in [6, 6.07) is 7.76. The third-order valence-electron chi connectivity index (χ3n) is 4.98. The lowest BCUT2D eigenvalue weighted by molar-refractivity contribution is -0.144. The van der Waals surface area contributed by atoms with Crippen LogP contribution in [0, 0.1) is 0 Å². The first-order valence-corrected chi connectivity index (χ1v) is 9.83. The summed E-state index contributed by atoms with van der Waals surface area (Å²) in [7, 11) is 0. The molecule has 1 aromatic rings. The van der Waals surface area contributed by atoms with Gasteiger partial charge < -0.3 is 19.9 Å². The van der Waals surface area contributed by atoms with E-state index in [0.717, 1.165) is 23.4 Å². The molecule has 0 radical (unpaired) electrons. The quantitative estimate of drug-likeness (QED) is 0.821. The number of hydrogen-bond acceptors (Lipinski definition) is 4. The lowest BCUT2D eigenvalue weighted by Crippen LogP contribution is -2.59. The number of nitrogens with one attached hydrogen (secondary N) is 1. The van der Waals surface area contributed by atoms with E-state index < -0.39 is 0 Å². The monoisotopic (exact) mass is 363 g/mol. The Morgan fingerprint density at radius 2 is 1.96 bits per heavy atom. The van der Waals surface area contributed by atoms with Gasteiger partial charge in [0.25, 0.3) is 0 Å². The molecule has 136 valence electrons. The predicted octanol–water partition coefficient (Wildman–Crippen LogP) is 2.65. The van der Waals surface area contributed by atoms with Gasteiger partial charge in [0.1, 0.15) is 0 Å².